The van der Waals surface area contributed by atoms with E-state index in [1.807, 2.05) is 0 Å². The number of phenolic OH excluding ortho intramolecular Hbond substituents is 3. The van der Waals surface area contributed by atoms with Crippen molar-refractivity contribution in [3.63, 3.8) is 0 Å². The number of aliphatic hydroxyl groups excluding tert-OH is 1. The Morgan fingerprint density at radius 1 is 0.432 bits per heavy atom. The zero-order valence-electron chi connectivity index (χ0n) is 39.4. The Morgan fingerprint density at radius 3 is 1.44 bits per heavy atom. The Balaban J connectivity index is 0.000000914. The van der Waals surface area contributed by atoms with Gasteiger partial charge in [-0.05, 0) is 107 Å². The van der Waals surface area contributed by atoms with Crippen LogP contribution in [-0.2, 0) is 68.8 Å². The molecule has 0 aliphatic heterocycles. The number of nitrogens with zero attached hydrogens (tertiary/aromatic N) is 8. The molecule has 8 aromatic carbocycles. The first kappa shape index (κ1) is 62.8. The summed E-state index contributed by atoms with van der Waals surface area (Å²) >= 11 is 5.92. The van der Waals surface area contributed by atoms with Gasteiger partial charge in [0.05, 0.1) is 45.3 Å². The largest absolute Gasteiger partial charge is 0.505 e. The van der Waals surface area contributed by atoms with Crippen LogP contribution in [0, 0.1) is 0 Å². The molecule has 8 aromatic rings. The Kier molecular flexibility index (Phi) is 20.4. The Bertz CT molecular complexity index is 4610. The summed E-state index contributed by atoms with van der Waals surface area (Å²) in [5.74, 6) is -1.61. The van der Waals surface area contributed by atoms with Crippen LogP contribution in [-0.4, -0.2) is 97.2 Å². The molecule has 0 saturated carbocycles. The fourth-order valence-corrected chi connectivity index (χ4v) is 8.79. The number of benzene rings is 8. The van der Waals surface area contributed by atoms with Crippen molar-refractivity contribution in [1.82, 2.24) is 0 Å². The lowest BCUT2D eigenvalue weighted by Gasteiger charge is -2.12. The minimum absolute atomic E-state index is 0.0117. The zero-order chi connectivity index (χ0) is 60.3. The monoisotopic (exact) mass is 1250 g/mol. The first-order valence-corrected chi connectivity index (χ1v) is 28.5. The molecule has 0 aliphatic rings. The van der Waals surface area contributed by atoms with Gasteiger partial charge in [-0.3, -0.25) is 13.7 Å². The summed E-state index contributed by atoms with van der Waals surface area (Å²) in [6.45, 7) is -0.708. The van der Waals surface area contributed by atoms with Crippen LogP contribution in [0.25, 0.3) is 32.3 Å². The van der Waals surface area contributed by atoms with E-state index in [-0.39, 0.29) is 55.6 Å². The van der Waals surface area contributed by atoms with Crippen molar-refractivity contribution in [2.24, 2.45) is 40.9 Å². The van der Waals surface area contributed by atoms with E-state index >= 15 is 0 Å². The van der Waals surface area contributed by atoms with E-state index in [1.165, 1.54) is 24.3 Å². The van der Waals surface area contributed by atoms with Crippen molar-refractivity contribution < 1.29 is 97.2 Å². The number of halogens is 1. The van der Waals surface area contributed by atoms with Gasteiger partial charge in [-0.15, -0.1) is 63.5 Å². The molecule has 8 rings (SSSR count). The average Bonchev–Trinajstić information content (AvgIpc) is 3.48. The van der Waals surface area contributed by atoms with E-state index in [9.17, 15) is 59.3 Å². The minimum Gasteiger partial charge on any atom is -0.505 e. The molecular formula is C43H30ClN9O22S6. The van der Waals surface area contributed by atoms with E-state index in [4.69, 9.17) is 55.2 Å². The van der Waals surface area contributed by atoms with Crippen LogP contribution in [0.4, 0.5) is 51.2 Å². The normalized spacial score (nSPS) is 11.8. The molecule has 0 fully saturated rings. The number of rotatable bonds is 12. The highest BCUT2D eigenvalue weighted by molar-refractivity contribution is 7.86. The lowest BCUT2D eigenvalue weighted by molar-refractivity contribution is 0.282. The van der Waals surface area contributed by atoms with Crippen molar-refractivity contribution in [1.29, 1.82) is 0 Å². The zero-order valence-corrected chi connectivity index (χ0v) is 45.1. The van der Waals surface area contributed by atoms with Gasteiger partial charge in [0.2, 0.25) is 0 Å². The summed E-state index contributed by atoms with van der Waals surface area (Å²) in [7, 11) is -24.3. The third kappa shape index (κ3) is 16.8. The summed E-state index contributed by atoms with van der Waals surface area (Å²) < 4.78 is 179. The van der Waals surface area contributed by atoms with E-state index in [2.05, 4.69) is 40.9 Å². The first-order valence-electron chi connectivity index (χ1n) is 20.8. The predicted molar refractivity (Wildman–Crippen MR) is 280 cm³/mol. The van der Waals surface area contributed by atoms with Gasteiger partial charge in [0.15, 0.2) is 17.2 Å². The van der Waals surface area contributed by atoms with Gasteiger partial charge in [-0.1, -0.05) is 35.9 Å². The van der Waals surface area contributed by atoms with Crippen LogP contribution in [0.3, 0.4) is 0 Å². The summed E-state index contributed by atoms with van der Waals surface area (Å²) in [6.07, 6.45) is 0. The van der Waals surface area contributed by atoms with Gasteiger partial charge < -0.3 is 26.2 Å². The highest BCUT2D eigenvalue weighted by Crippen LogP contribution is 2.47. The maximum absolute atomic E-state index is 12.6. The molecule has 0 amide bonds. The number of hydrogen-bond acceptors (Lipinski definition) is 28. The third-order valence-electron chi connectivity index (χ3n) is 10.2. The number of aromatic hydroxyl groups is 3. The molecule has 38 heteroatoms. The first-order chi connectivity index (χ1) is 37.8. The van der Waals surface area contributed by atoms with Gasteiger partial charge in [-0.25, -0.2) is 0 Å². The molecule has 0 spiro atoms. The molecule has 422 valence electrons. The second-order valence-corrected chi connectivity index (χ2v) is 21.1. The molecule has 81 heavy (non-hydrogen) atoms. The second kappa shape index (κ2) is 26.3. The van der Waals surface area contributed by atoms with Crippen LogP contribution in [0.15, 0.2) is 171 Å². The van der Waals surface area contributed by atoms with Crippen molar-refractivity contribution >= 4 is 157 Å². The SMILES string of the molecule is Nc1c(N=Nc2ccc3cc(S(=O)(=O)O)c(N=Nc4cc(S(=O)(=O)O)ccc4CO)c(O)c3c2)c(S(=O)(=O)O)cc2ccc(N=Nc3ccc4c(O)c(N=Nc5ccc(Cl)cc5)ccc4c3)c(O)c12.O=S(=O)=O.O=S(=O)=O.O=S(=O)=O. The van der Waals surface area contributed by atoms with Crippen molar-refractivity contribution in [2.75, 3.05) is 5.73 Å². The number of nitrogens with two attached hydrogens (primary N) is 1. The van der Waals surface area contributed by atoms with Crippen molar-refractivity contribution in [3.05, 3.63) is 126 Å². The molecule has 0 heterocycles. The molecule has 0 atom stereocenters. The number of fused-ring (bicyclic) bond motifs is 3. The van der Waals surface area contributed by atoms with E-state index in [0.29, 0.717) is 27.2 Å². The quantitative estimate of drug-likeness (QED) is 0.0323. The van der Waals surface area contributed by atoms with Crippen LogP contribution in [0.5, 0.6) is 17.2 Å². The predicted octanol–water partition coefficient (Wildman–Crippen LogP) is 8.38. The van der Waals surface area contributed by atoms with Gasteiger partial charge in [0.25, 0.3) is 30.4 Å². The lowest BCUT2D eigenvalue weighted by atomic mass is 10.1. The molecule has 31 nitrogen and oxygen atoms in total. The molecule has 0 saturated heterocycles. The molecule has 0 aromatic heterocycles. The van der Waals surface area contributed by atoms with Crippen molar-refractivity contribution in [3.8, 4) is 17.2 Å². The maximum Gasteiger partial charge on any atom is 0.425 e. The second-order valence-electron chi connectivity index (χ2n) is 15.2. The van der Waals surface area contributed by atoms with Crippen LogP contribution in [0.2, 0.25) is 5.02 Å². The fourth-order valence-electron chi connectivity index (χ4n) is 6.83. The van der Waals surface area contributed by atoms with E-state index in [0.717, 1.165) is 36.4 Å². The molecule has 0 radical (unpaired) electrons. The Hall–Kier alpha value is -9.02. The van der Waals surface area contributed by atoms with E-state index in [1.54, 1.807) is 54.6 Å². The molecule has 9 N–H and O–H groups in total. The topological polar surface area (TPSA) is 523 Å². The van der Waals surface area contributed by atoms with Gasteiger partial charge in [0, 0.05) is 21.4 Å². The number of azo groups is 4. The highest BCUT2D eigenvalue weighted by Gasteiger charge is 2.25. The highest BCUT2D eigenvalue weighted by atomic mass is 35.5. The summed E-state index contributed by atoms with van der Waals surface area (Å²) in [5, 5.41) is 76.7. The average molecular weight is 1250 g/mol. The Labute approximate surface area is 462 Å². The third-order valence-corrected chi connectivity index (χ3v) is 13.0. The lowest BCUT2D eigenvalue weighted by Crippen LogP contribution is -2.01. The molecule has 0 bridgehead atoms. The number of nitrogen functional groups attached to an aromatic ring is 1. The summed E-state index contributed by atoms with van der Waals surface area (Å²) in [6, 6.07) is 25.6. The standard InChI is InChI=1S/C43H30ClN9O13S3.3O3S/c44-25-5-8-26(9-6-25)46-49-32-13-3-21-15-27(10-12-30(21)41(32)55)47-50-33-14-4-23-17-35(68(61,62)63)39(38(45)37(23)43(33)57)52-48-28-7-1-22-16-36(69(64,65)66)40(42(56)31(22)18-28)53-51-34-19-29(67(58,59)60)11-2-24(34)20-54;3*1-4(2)3/h1-19,54-57H,20,45H2,(H,58,59,60)(H,61,62,63)(H,64,65,66);;;. The maximum atomic E-state index is 12.6. The number of phenols is 3. The number of anilines is 1. The smallest absolute Gasteiger partial charge is 0.425 e. The van der Waals surface area contributed by atoms with Crippen molar-refractivity contribution in [2.45, 2.75) is 21.3 Å². The molecular weight excluding hydrogens is 1220 g/mol. The number of aliphatic hydroxyl groups is 1. The van der Waals surface area contributed by atoms with Crippen LogP contribution >= 0.6 is 11.6 Å². The van der Waals surface area contributed by atoms with Gasteiger partial charge in [0.1, 0.15) is 32.5 Å². The molecule has 0 unspecified atom stereocenters. The Morgan fingerprint density at radius 2 is 0.877 bits per heavy atom. The fraction of sp³-hybridized carbons (Fsp3) is 0.0233. The number of hydrogen-bond donors (Lipinski definition) is 8. The van der Waals surface area contributed by atoms with Crippen LogP contribution < -0.4 is 5.73 Å². The molecule has 0 aliphatic carbocycles. The summed E-state index contributed by atoms with van der Waals surface area (Å²) in [5.41, 5.74) is 4.83. The van der Waals surface area contributed by atoms with Crippen LogP contribution in [0.1, 0.15) is 5.56 Å². The minimum atomic E-state index is -5.13. The van der Waals surface area contributed by atoms with E-state index < -0.39 is 112 Å². The van der Waals surface area contributed by atoms with Gasteiger partial charge >= 0.3 is 31.8 Å². The van der Waals surface area contributed by atoms with Gasteiger partial charge in [-0.2, -0.15) is 40.6 Å². The summed E-state index contributed by atoms with van der Waals surface area (Å²) in [4.78, 5) is -2.41.